The van der Waals surface area contributed by atoms with E-state index < -0.39 is 0 Å². The Kier molecular flexibility index (Phi) is 6.75. The van der Waals surface area contributed by atoms with Gasteiger partial charge in [0.2, 0.25) is 0 Å². The average Bonchev–Trinajstić information content (AvgIpc) is 2.73. The highest BCUT2D eigenvalue weighted by molar-refractivity contribution is 6.33. The van der Waals surface area contributed by atoms with Gasteiger partial charge in [0.15, 0.2) is 0 Å². The Morgan fingerprint density at radius 1 is 1.22 bits per heavy atom. The number of rotatable bonds is 6. The van der Waals surface area contributed by atoms with E-state index in [9.17, 15) is 4.79 Å². The van der Waals surface area contributed by atoms with Crippen molar-refractivity contribution in [3.63, 3.8) is 0 Å². The zero-order chi connectivity index (χ0) is 19.2. The molecule has 0 radical (unpaired) electrons. The lowest BCUT2D eigenvalue weighted by molar-refractivity contribution is -0.146. The number of piperidine rings is 1. The molecule has 1 atom stereocenters. The summed E-state index contributed by atoms with van der Waals surface area (Å²) in [6, 6.07) is 16.9. The number of halogens is 1. The van der Waals surface area contributed by atoms with Crippen molar-refractivity contribution in [3.8, 4) is 0 Å². The van der Waals surface area contributed by atoms with Crippen molar-refractivity contribution >= 4 is 23.3 Å². The Bertz CT molecular complexity index is 758. The van der Waals surface area contributed by atoms with E-state index >= 15 is 0 Å². The quantitative estimate of drug-likeness (QED) is 0.738. The smallest absolute Gasteiger partial charge is 0.308 e. The van der Waals surface area contributed by atoms with E-state index in [1.807, 2.05) is 12.1 Å². The van der Waals surface area contributed by atoms with Crippen LogP contribution >= 0.6 is 11.6 Å². The van der Waals surface area contributed by atoms with E-state index in [0.29, 0.717) is 0 Å². The van der Waals surface area contributed by atoms with E-state index in [2.05, 4.69) is 53.5 Å². The van der Waals surface area contributed by atoms with Crippen molar-refractivity contribution in [2.45, 2.75) is 32.4 Å². The van der Waals surface area contributed by atoms with Crippen LogP contribution in [0.2, 0.25) is 5.02 Å². The lowest BCUT2D eigenvalue weighted by atomic mass is 9.96. The second-order valence-corrected chi connectivity index (χ2v) is 7.49. The van der Waals surface area contributed by atoms with E-state index in [1.54, 1.807) is 0 Å². The van der Waals surface area contributed by atoms with Crippen LogP contribution in [0.1, 0.15) is 36.9 Å². The van der Waals surface area contributed by atoms with Crippen molar-refractivity contribution in [3.05, 3.63) is 64.7 Å². The molecular formula is C22H27ClN2O2. The summed E-state index contributed by atoms with van der Waals surface area (Å²) in [4.78, 5) is 14.0. The van der Waals surface area contributed by atoms with Crippen LogP contribution in [0, 0.1) is 5.92 Å². The minimum absolute atomic E-state index is 0.00148. The fourth-order valence-electron chi connectivity index (χ4n) is 3.56. The lowest BCUT2D eigenvalue weighted by Crippen LogP contribution is -2.37. The minimum Gasteiger partial charge on any atom is -0.469 e. The topological polar surface area (TPSA) is 41.6 Å². The number of anilines is 1. The van der Waals surface area contributed by atoms with Crippen molar-refractivity contribution in [1.82, 2.24) is 5.32 Å². The van der Waals surface area contributed by atoms with Gasteiger partial charge in [-0.3, -0.25) is 4.79 Å². The molecular weight excluding hydrogens is 360 g/mol. The maximum Gasteiger partial charge on any atom is 0.308 e. The monoisotopic (exact) mass is 386 g/mol. The van der Waals surface area contributed by atoms with Crippen LogP contribution in [0.25, 0.3) is 0 Å². The molecule has 0 spiro atoms. The Morgan fingerprint density at radius 3 is 2.59 bits per heavy atom. The predicted molar refractivity (Wildman–Crippen MR) is 110 cm³/mol. The Balaban J connectivity index is 1.62. The number of hydrogen-bond donors (Lipinski definition) is 1. The minimum atomic E-state index is -0.103. The second kappa shape index (κ2) is 9.25. The predicted octanol–water partition coefficient (Wildman–Crippen LogP) is 4.58. The maximum absolute atomic E-state index is 11.7. The van der Waals surface area contributed by atoms with Crippen molar-refractivity contribution in [2.24, 2.45) is 5.92 Å². The highest BCUT2D eigenvalue weighted by Crippen LogP contribution is 2.31. The molecule has 1 aliphatic rings. The van der Waals surface area contributed by atoms with E-state index in [4.69, 9.17) is 16.3 Å². The molecule has 0 unspecified atom stereocenters. The van der Waals surface area contributed by atoms with Gasteiger partial charge < -0.3 is 15.0 Å². The fourth-order valence-corrected chi connectivity index (χ4v) is 3.80. The number of carbonyl (C=O) groups excluding carboxylic acids is 1. The first kappa shape index (κ1) is 19.7. The zero-order valence-corrected chi connectivity index (χ0v) is 16.7. The van der Waals surface area contributed by atoms with Crippen molar-refractivity contribution < 1.29 is 9.53 Å². The van der Waals surface area contributed by atoms with Crippen LogP contribution in [0.15, 0.2) is 48.5 Å². The molecule has 144 valence electrons. The van der Waals surface area contributed by atoms with Crippen LogP contribution in [0.5, 0.6) is 0 Å². The summed E-state index contributed by atoms with van der Waals surface area (Å²) in [7, 11) is 1.46. The van der Waals surface area contributed by atoms with Gasteiger partial charge in [0.1, 0.15) is 0 Å². The van der Waals surface area contributed by atoms with Crippen LogP contribution < -0.4 is 10.2 Å². The normalized spacial score (nSPS) is 16.2. The first-order chi connectivity index (χ1) is 13.1. The highest BCUT2D eigenvalue weighted by atomic mass is 35.5. The number of esters is 1. The first-order valence-corrected chi connectivity index (χ1v) is 9.86. The highest BCUT2D eigenvalue weighted by Gasteiger charge is 2.26. The maximum atomic E-state index is 11.7. The molecule has 0 aliphatic carbocycles. The summed E-state index contributed by atoms with van der Waals surface area (Å²) in [5.41, 5.74) is 3.52. The molecule has 5 heteroatoms. The van der Waals surface area contributed by atoms with Gasteiger partial charge >= 0.3 is 5.97 Å². The molecule has 3 rings (SSSR count). The molecule has 27 heavy (non-hydrogen) atoms. The third-order valence-corrected chi connectivity index (χ3v) is 5.61. The number of nitrogens with one attached hydrogen (secondary N) is 1. The van der Waals surface area contributed by atoms with Gasteiger partial charge in [-0.1, -0.05) is 48.0 Å². The summed E-state index contributed by atoms with van der Waals surface area (Å²) in [5, 5.41) is 4.33. The molecule has 0 bridgehead atoms. The number of carbonyl (C=O) groups is 1. The molecule has 1 aliphatic heterocycles. The second-order valence-electron chi connectivity index (χ2n) is 7.08. The van der Waals surface area contributed by atoms with Crippen LogP contribution in [0.3, 0.4) is 0 Å². The number of nitrogens with zero attached hydrogens (tertiary/aromatic N) is 1. The van der Waals surface area contributed by atoms with E-state index in [-0.39, 0.29) is 17.9 Å². The Labute approximate surface area is 166 Å². The standard InChI is InChI=1S/C22H27ClN2O2/c1-16(18-6-4-3-5-7-18)24-15-17-8-9-20(23)21(14-17)25-12-10-19(11-13-25)22(26)27-2/h3-9,14,16,19,24H,10-13,15H2,1-2H3/t16-/m1/s1. The summed E-state index contributed by atoms with van der Waals surface area (Å²) in [6.07, 6.45) is 1.60. The number of benzene rings is 2. The van der Waals surface area contributed by atoms with Gasteiger partial charge in [0.05, 0.1) is 23.7 Å². The molecule has 0 saturated carbocycles. The van der Waals surface area contributed by atoms with Crippen molar-refractivity contribution in [1.29, 1.82) is 0 Å². The largest absolute Gasteiger partial charge is 0.469 e. The molecule has 0 aromatic heterocycles. The molecule has 1 heterocycles. The van der Waals surface area contributed by atoms with E-state index in [1.165, 1.54) is 18.2 Å². The molecule has 1 N–H and O–H groups in total. The van der Waals surface area contributed by atoms with Crippen molar-refractivity contribution in [2.75, 3.05) is 25.1 Å². The Morgan fingerprint density at radius 2 is 1.93 bits per heavy atom. The molecule has 0 amide bonds. The number of hydrogen-bond acceptors (Lipinski definition) is 4. The van der Waals surface area contributed by atoms with Gasteiger partial charge in [-0.25, -0.2) is 0 Å². The number of ether oxygens (including phenoxy) is 1. The lowest BCUT2D eigenvalue weighted by Gasteiger charge is -2.33. The Hall–Kier alpha value is -2.04. The number of methoxy groups -OCH3 is 1. The van der Waals surface area contributed by atoms with Crippen LogP contribution in [-0.2, 0) is 16.1 Å². The first-order valence-electron chi connectivity index (χ1n) is 9.48. The summed E-state index contributed by atoms with van der Waals surface area (Å²) in [5.74, 6) is -0.102. The van der Waals surface area contributed by atoms with Crippen LogP contribution in [0.4, 0.5) is 5.69 Å². The van der Waals surface area contributed by atoms with Gasteiger partial charge in [0, 0.05) is 25.7 Å². The fraction of sp³-hybridized carbons (Fsp3) is 0.409. The van der Waals surface area contributed by atoms with Gasteiger partial charge in [-0.15, -0.1) is 0 Å². The third kappa shape index (κ3) is 5.02. The van der Waals surface area contributed by atoms with Gasteiger partial charge in [-0.2, -0.15) is 0 Å². The van der Waals surface area contributed by atoms with Crippen LogP contribution in [-0.4, -0.2) is 26.2 Å². The molecule has 1 saturated heterocycles. The summed E-state index contributed by atoms with van der Waals surface area (Å²) < 4.78 is 4.87. The van der Waals surface area contributed by atoms with Gasteiger partial charge in [-0.05, 0) is 43.0 Å². The summed E-state index contributed by atoms with van der Waals surface area (Å²) in [6.45, 7) is 4.58. The average molecular weight is 387 g/mol. The SMILES string of the molecule is COC(=O)C1CCN(c2cc(CN[C@H](C)c3ccccc3)ccc2Cl)CC1. The molecule has 4 nitrogen and oxygen atoms in total. The zero-order valence-electron chi connectivity index (χ0n) is 16.0. The third-order valence-electron chi connectivity index (χ3n) is 5.29. The van der Waals surface area contributed by atoms with E-state index in [0.717, 1.165) is 43.2 Å². The molecule has 2 aromatic rings. The molecule has 1 fully saturated rings. The molecule has 2 aromatic carbocycles. The summed E-state index contributed by atoms with van der Waals surface area (Å²) >= 11 is 6.46. The van der Waals surface area contributed by atoms with Gasteiger partial charge in [0.25, 0.3) is 0 Å².